The first-order valence-electron chi connectivity index (χ1n) is 11.8. The number of nitrogens with zero attached hydrogens (tertiary/aromatic N) is 2. The number of phenols is 1. The zero-order valence-electron chi connectivity index (χ0n) is 21.6. The molecule has 3 aromatic rings. The number of nitrogens with one attached hydrogen (secondary N) is 1. The van der Waals surface area contributed by atoms with E-state index in [0.29, 0.717) is 29.3 Å². The van der Waals surface area contributed by atoms with Crippen LogP contribution in [0.2, 0.25) is 0 Å². The van der Waals surface area contributed by atoms with Crippen LogP contribution in [0.5, 0.6) is 5.75 Å². The van der Waals surface area contributed by atoms with Crippen molar-refractivity contribution in [2.24, 2.45) is 5.10 Å². The Morgan fingerprint density at radius 1 is 1.03 bits per heavy atom. The van der Waals surface area contributed by atoms with Crippen LogP contribution < -0.4 is 5.43 Å². The molecule has 0 aliphatic rings. The lowest BCUT2D eigenvalue weighted by Gasteiger charge is -2.28. The summed E-state index contributed by atoms with van der Waals surface area (Å²) in [4.78, 5) is 22.7. The van der Waals surface area contributed by atoms with Crippen LogP contribution in [-0.2, 0) is 22.0 Å². The van der Waals surface area contributed by atoms with Crippen molar-refractivity contribution < 1.29 is 19.2 Å². The fraction of sp³-hybridized carbons (Fsp3) is 0.357. The van der Waals surface area contributed by atoms with Gasteiger partial charge in [-0.3, -0.25) is 14.9 Å². The van der Waals surface area contributed by atoms with Crippen molar-refractivity contribution in [2.75, 3.05) is 0 Å². The van der Waals surface area contributed by atoms with Gasteiger partial charge in [-0.05, 0) is 58.2 Å². The molecule has 0 fully saturated rings. The second kappa shape index (κ2) is 10.4. The van der Waals surface area contributed by atoms with E-state index in [1.165, 1.54) is 18.3 Å². The molecule has 8 nitrogen and oxygen atoms in total. The molecule has 8 heteroatoms. The van der Waals surface area contributed by atoms with Crippen LogP contribution in [-0.4, -0.2) is 22.2 Å². The molecule has 0 saturated heterocycles. The maximum atomic E-state index is 12.4. The highest BCUT2D eigenvalue weighted by Gasteiger charge is 2.26. The van der Waals surface area contributed by atoms with Gasteiger partial charge in [0, 0.05) is 24.1 Å². The molecule has 0 atom stereocenters. The predicted molar refractivity (Wildman–Crippen MR) is 140 cm³/mol. The summed E-state index contributed by atoms with van der Waals surface area (Å²) in [6.45, 7) is 12.3. The standard InChI is InChI=1S/C28H33N3O5/c1-27(2,3)22-15-18(16-23(26(22)33)28(4,5)6)7-14-25(32)30-29-17-21-12-13-24(36-21)19-8-10-20(11-9-19)31(34)35/h8-13,15-17,33H,7,14H2,1-6H3,(H,30,32)/b29-17-. The van der Waals surface area contributed by atoms with Crippen molar-refractivity contribution in [3.63, 3.8) is 0 Å². The van der Waals surface area contributed by atoms with E-state index in [1.807, 2.05) is 12.1 Å². The number of hydrogen-bond donors (Lipinski definition) is 2. The molecule has 1 heterocycles. The maximum absolute atomic E-state index is 12.4. The first kappa shape index (κ1) is 26.7. The van der Waals surface area contributed by atoms with Gasteiger partial charge in [-0.15, -0.1) is 0 Å². The number of nitro benzene ring substituents is 1. The summed E-state index contributed by atoms with van der Waals surface area (Å²) in [7, 11) is 0. The van der Waals surface area contributed by atoms with Gasteiger partial charge in [-0.1, -0.05) is 53.7 Å². The summed E-state index contributed by atoms with van der Waals surface area (Å²) in [5.41, 5.74) is 5.47. The van der Waals surface area contributed by atoms with Gasteiger partial charge < -0.3 is 9.52 Å². The van der Waals surface area contributed by atoms with Crippen LogP contribution >= 0.6 is 0 Å². The van der Waals surface area contributed by atoms with E-state index in [0.717, 1.165) is 16.7 Å². The number of hydrazone groups is 1. The molecule has 2 N–H and O–H groups in total. The number of aromatic hydroxyl groups is 1. The van der Waals surface area contributed by atoms with Gasteiger partial charge >= 0.3 is 0 Å². The molecule has 0 unspecified atom stereocenters. The van der Waals surface area contributed by atoms with E-state index in [4.69, 9.17) is 4.42 Å². The Balaban J connectivity index is 1.62. The molecular formula is C28H33N3O5. The number of aryl methyl sites for hydroxylation is 1. The Labute approximate surface area is 211 Å². The lowest BCUT2D eigenvalue weighted by Crippen LogP contribution is -2.20. The number of carbonyl (C=O) groups excluding carboxylic acids is 1. The molecule has 0 bridgehead atoms. The lowest BCUT2D eigenvalue weighted by atomic mass is 9.78. The molecule has 0 aliphatic carbocycles. The van der Waals surface area contributed by atoms with E-state index in [2.05, 4.69) is 52.1 Å². The first-order valence-corrected chi connectivity index (χ1v) is 11.8. The fourth-order valence-electron chi connectivity index (χ4n) is 3.79. The average Bonchev–Trinajstić information content (AvgIpc) is 3.25. The Kier molecular flexibility index (Phi) is 7.67. The van der Waals surface area contributed by atoms with Gasteiger partial charge in [-0.2, -0.15) is 5.10 Å². The Hall–Kier alpha value is -3.94. The summed E-state index contributed by atoms with van der Waals surface area (Å²) in [5, 5.41) is 25.6. The molecule has 0 aliphatic heterocycles. The Morgan fingerprint density at radius 2 is 1.61 bits per heavy atom. The largest absolute Gasteiger partial charge is 0.507 e. The van der Waals surface area contributed by atoms with Gasteiger partial charge in [0.1, 0.15) is 17.3 Å². The van der Waals surface area contributed by atoms with Gasteiger partial charge in [0.15, 0.2) is 0 Å². The highest BCUT2D eigenvalue weighted by molar-refractivity contribution is 5.81. The Bertz CT molecular complexity index is 1240. The van der Waals surface area contributed by atoms with Crippen molar-refractivity contribution in [2.45, 2.75) is 65.2 Å². The lowest BCUT2D eigenvalue weighted by molar-refractivity contribution is -0.384. The van der Waals surface area contributed by atoms with Gasteiger partial charge in [-0.25, -0.2) is 5.43 Å². The average molecular weight is 492 g/mol. The SMILES string of the molecule is CC(C)(C)c1cc(CCC(=O)N/N=C\c2ccc(-c3ccc([N+](=O)[O-])cc3)o2)cc(C(C)(C)C)c1O. The third-order valence-electron chi connectivity index (χ3n) is 5.80. The number of hydrogen-bond acceptors (Lipinski definition) is 6. The maximum Gasteiger partial charge on any atom is 0.269 e. The number of furan rings is 1. The highest BCUT2D eigenvalue weighted by Crippen LogP contribution is 2.40. The van der Waals surface area contributed by atoms with Crippen LogP contribution in [0.3, 0.4) is 0 Å². The first-order chi connectivity index (χ1) is 16.8. The minimum absolute atomic E-state index is 0.00590. The molecule has 36 heavy (non-hydrogen) atoms. The number of rotatable bonds is 7. The van der Waals surface area contributed by atoms with Crippen LogP contribution in [0.1, 0.15) is 70.4 Å². The van der Waals surface area contributed by atoms with Crippen molar-refractivity contribution in [1.82, 2.24) is 5.43 Å². The molecule has 1 aromatic heterocycles. The van der Waals surface area contributed by atoms with Crippen molar-refractivity contribution in [3.05, 3.63) is 81.1 Å². The van der Waals surface area contributed by atoms with E-state index in [9.17, 15) is 20.0 Å². The second-order valence-electron chi connectivity index (χ2n) is 10.8. The van der Waals surface area contributed by atoms with E-state index < -0.39 is 4.92 Å². The number of phenolic OH excluding ortho intramolecular Hbond substituents is 1. The van der Waals surface area contributed by atoms with E-state index in [-0.39, 0.29) is 28.8 Å². The molecule has 190 valence electrons. The zero-order valence-corrected chi connectivity index (χ0v) is 21.6. The predicted octanol–water partition coefficient (Wildman–Crippen LogP) is 6.24. The van der Waals surface area contributed by atoms with Gasteiger partial charge in [0.25, 0.3) is 5.69 Å². The minimum atomic E-state index is -0.457. The van der Waals surface area contributed by atoms with Gasteiger partial charge in [0.2, 0.25) is 5.91 Å². The number of nitro groups is 1. The van der Waals surface area contributed by atoms with Crippen LogP contribution in [0.25, 0.3) is 11.3 Å². The number of amides is 1. The summed E-state index contributed by atoms with van der Waals surface area (Å²) >= 11 is 0. The molecule has 1 amide bonds. The number of non-ortho nitro benzene ring substituents is 1. The molecule has 2 aromatic carbocycles. The molecule has 0 spiro atoms. The van der Waals surface area contributed by atoms with Crippen LogP contribution in [0.15, 0.2) is 58.0 Å². The molecule has 0 radical (unpaired) electrons. The minimum Gasteiger partial charge on any atom is -0.507 e. The van der Waals surface area contributed by atoms with Crippen LogP contribution in [0, 0.1) is 10.1 Å². The normalized spacial score (nSPS) is 12.2. The van der Waals surface area contributed by atoms with E-state index >= 15 is 0 Å². The molecule has 0 saturated carbocycles. The van der Waals surface area contributed by atoms with Crippen molar-refractivity contribution >= 4 is 17.8 Å². The quantitative estimate of drug-likeness (QED) is 0.230. The third-order valence-corrected chi connectivity index (χ3v) is 5.80. The number of carbonyl (C=O) groups is 1. The summed E-state index contributed by atoms with van der Waals surface area (Å²) in [5.74, 6) is 1.05. The van der Waals surface area contributed by atoms with Crippen molar-refractivity contribution in [3.8, 4) is 17.1 Å². The summed E-state index contributed by atoms with van der Waals surface area (Å²) < 4.78 is 5.69. The molecular weight excluding hydrogens is 458 g/mol. The Morgan fingerprint density at radius 3 is 2.14 bits per heavy atom. The number of benzene rings is 2. The van der Waals surface area contributed by atoms with Gasteiger partial charge in [0.05, 0.1) is 11.1 Å². The third kappa shape index (κ3) is 6.59. The van der Waals surface area contributed by atoms with E-state index in [1.54, 1.807) is 24.3 Å². The fourth-order valence-corrected chi connectivity index (χ4v) is 3.79. The van der Waals surface area contributed by atoms with Crippen molar-refractivity contribution in [1.29, 1.82) is 0 Å². The topological polar surface area (TPSA) is 118 Å². The summed E-state index contributed by atoms with van der Waals surface area (Å²) in [6, 6.07) is 13.4. The van der Waals surface area contributed by atoms with Crippen LogP contribution in [0.4, 0.5) is 5.69 Å². The second-order valence-corrected chi connectivity index (χ2v) is 10.8. The monoisotopic (exact) mass is 491 g/mol. The smallest absolute Gasteiger partial charge is 0.269 e. The zero-order chi connectivity index (χ0) is 26.7. The highest BCUT2D eigenvalue weighted by atomic mass is 16.6. The molecule has 3 rings (SSSR count). The summed E-state index contributed by atoms with van der Waals surface area (Å²) in [6.07, 6.45) is 2.16.